The van der Waals surface area contributed by atoms with E-state index in [9.17, 15) is 4.79 Å². The van der Waals surface area contributed by atoms with Crippen LogP contribution in [0, 0.1) is 5.41 Å². The van der Waals surface area contributed by atoms with E-state index in [1.807, 2.05) is 12.1 Å². The van der Waals surface area contributed by atoms with Crippen molar-refractivity contribution in [1.29, 1.82) is 0 Å². The summed E-state index contributed by atoms with van der Waals surface area (Å²) in [4.78, 5) is 15.4. The molecule has 0 aromatic heterocycles. The molecule has 166 valence electrons. The van der Waals surface area contributed by atoms with Crippen LogP contribution < -0.4 is 5.32 Å². The molecule has 1 aromatic rings. The number of rotatable bonds is 4. The standard InChI is InChI=1S/C22H29BrN4O.ClH.H2O/c1-22(2)14-20-18(21(28)15-22)13-19(16-3-5-17(23)6-4-16)25-27(20)12-11-26-9-7-24-8-10-26;;/h3-6,24H,7-15H2,1-2H3;1H;1H2. The summed E-state index contributed by atoms with van der Waals surface area (Å²) in [6, 6.07) is 8.25. The number of hydrogen-bond acceptors (Lipinski definition) is 5. The van der Waals surface area contributed by atoms with Gasteiger partial charge in [-0.15, -0.1) is 12.4 Å². The number of benzene rings is 1. The van der Waals surface area contributed by atoms with Crippen molar-refractivity contribution in [1.82, 2.24) is 15.2 Å². The summed E-state index contributed by atoms with van der Waals surface area (Å²) in [5.74, 6) is 0.294. The molecule has 0 spiro atoms. The fraction of sp³-hybridized carbons (Fsp3) is 0.545. The molecule has 0 bridgehead atoms. The minimum absolute atomic E-state index is 0. The van der Waals surface area contributed by atoms with E-state index in [0.717, 1.165) is 72.7 Å². The summed E-state index contributed by atoms with van der Waals surface area (Å²) in [6.07, 6.45) is 2.20. The number of halogens is 2. The molecule has 1 aliphatic carbocycles. The number of carbonyl (C=O) groups excluding carboxylic acids is 1. The highest BCUT2D eigenvalue weighted by molar-refractivity contribution is 9.10. The quantitative estimate of drug-likeness (QED) is 0.691. The van der Waals surface area contributed by atoms with Crippen LogP contribution in [0.1, 0.15) is 38.7 Å². The van der Waals surface area contributed by atoms with Crippen LogP contribution >= 0.6 is 28.3 Å². The number of carbonyl (C=O) groups is 1. The molecule has 8 heteroatoms. The second-order valence-corrected chi connectivity index (χ2v) is 9.73. The molecule has 0 atom stereocenters. The summed E-state index contributed by atoms with van der Waals surface area (Å²) in [5, 5.41) is 10.6. The number of ketones is 1. The Labute approximate surface area is 193 Å². The van der Waals surface area contributed by atoms with E-state index in [-0.39, 0.29) is 23.3 Å². The molecular weight excluding hydrogens is 468 g/mol. The molecule has 3 aliphatic rings. The number of Topliss-reactive ketones (excluding diaryl/α,β-unsaturated/α-hetero) is 1. The molecule has 0 radical (unpaired) electrons. The van der Waals surface area contributed by atoms with Gasteiger partial charge in [-0.3, -0.25) is 14.7 Å². The first-order valence-corrected chi connectivity index (χ1v) is 11.0. The topological polar surface area (TPSA) is 79.4 Å². The molecule has 1 saturated heterocycles. The van der Waals surface area contributed by atoms with E-state index < -0.39 is 0 Å². The van der Waals surface area contributed by atoms with Crippen LogP contribution in [-0.4, -0.2) is 66.1 Å². The Morgan fingerprint density at radius 3 is 2.43 bits per heavy atom. The summed E-state index contributed by atoms with van der Waals surface area (Å²) < 4.78 is 1.05. The molecule has 1 aromatic carbocycles. The fourth-order valence-corrected chi connectivity index (χ4v) is 4.60. The second-order valence-electron chi connectivity index (χ2n) is 8.81. The number of hydrogen-bond donors (Lipinski definition) is 1. The summed E-state index contributed by atoms with van der Waals surface area (Å²) in [5.41, 5.74) is 4.23. The smallest absolute Gasteiger partial charge is 0.161 e. The van der Waals surface area contributed by atoms with Gasteiger partial charge in [0.1, 0.15) is 0 Å². The van der Waals surface area contributed by atoms with Gasteiger partial charge in [-0.2, -0.15) is 5.10 Å². The Balaban J connectivity index is 0.00000160. The Kier molecular flexibility index (Phi) is 8.65. The Morgan fingerprint density at radius 1 is 1.10 bits per heavy atom. The third-order valence-corrected chi connectivity index (χ3v) is 6.41. The van der Waals surface area contributed by atoms with Crippen molar-refractivity contribution in [3.63, 3.8) is 0 Å². The number of allylic oxidation sites excluding steroid dienone is 2. The zero-order valence-electron chi connectivity index (χ0n) is 17.7. The predicted molar refractivity (Wildman–Crippen MR) is 127 cm³/mol. The molecule has 30 heavy (non-hydrogen) atoms. The van der Waals surface area contributed by atoms with Crippen LogP contribution in [0.2, 0.25) is 0 Å². The Morgan fingerprint density at radius 2 is 1.77 bits per heavy atom. The molecule has 3 N–H and O–H groups in total. The first-order valence-electron chi connectivity index (χ1n) is 10.2. The zero-order valence-corrected chi connectivity index (χ0v) is 20.1. The predicted octanol–water partition coefficient (Wildman–Crippen LogP) is 3.00. The lowest BCUT2D eigenvalue weighted by molar-refractivity contribution is -0.118. The molecule has 0 amide bonds. The lowest BCUT2D eigenvalue weighted by Crippen LogP contribution is -2.46. The Hall–Kier alpha value is -1.25. The molecule has 4 rings (SSSR count). The van der Waals surface area contributed by atoms with Gasteiger partial charge in [0.05, 0.1) is 12.3 Å². The maximum absolute atomic E-state index is 13.0. The van der Waals surface area contributed by atoms with E-state index in [1.165, 1.54) is 0 Å². The molecule has 2 aliphatic heterocycles. The van der Waals surface area contributed by atoms with E-state index in [0.29, 0.717) is 18.6 Å². The van der Waals surface area contributed by atoms with Crippen LogP contribution in [-0.2, 0) is 4.79 Å². The third kappa shape index (κ3) is 5.71. The van der Waals surface area contributed by atoms with Crippen molar-refractivity contribution in [3.05, 3.63) is 45.6 Å². The largest absolute Gasteiger partial charge is 0.412 e. The molecular formula is C22H32BrClN4O2. The molecule has 6 nitrogen and oxygen atoms in total. The van der Waals surface area contributed by atoms with E-state index >= 15 is 0 Å². The minimum atomic E-state index is 0. The van der Waals surface area contributed by atoms with E-state index in [1.54, 1.807) is 0 Å². The van der Waals surface area contributed by atoms with Crippen molar-refractivity contribution in [2.24, 2.45) is 10.5 Å². The van der Waals surface area contributed by atoms with Crippen molar-refractivity contribution in [2.75, 3.05) is 39.3 Å². The molecule has 0 unspecified atom stereocenters. The molecule has 2 heterocycles. The fourth-order valence-electron chi connectivity index (χ4n) is 4.34. The van der Waals surface area contributed by atoms with E-state index in [2.05, 4.69) is 57.1 Å². The second kappa shape index (κ2) is 10.4. The minimum Gasteiger partial charge on any atom is -0.412 e. The third-order valence-electron chi connectivity index (χ3n) is 5.88. The van der Waals surface area contributed by atoms with Gasteiger partial charge >= 0.3 is 0 Å². The first-order chi connectivity index (χ1) is 13.4. The van der Waals surface area contributed by atoms with Crippen molar-refractivity contribution in [2.45, 2.75) is 33.1 Å². The normalized spacial score (nSPS) is 21.4. The molecule has 0 saturated carbocycles. The first kappa shape index (κ1) is 25.0. The van der Waals surface area contributed by atoms with E-state index in [4.69, 9.17) is 5.10 Å². The molecule has 1 fully saturated rings. The van der Waals surface area contributed by atoms with Crippen LogP contribution in [0.4, 0.5) is 0 Å². The number of piperazine rings is 1. The highest BCUT2D eigenvalue weighted by atomic mass is 79.9. The van der Waals surface area contributed by atoms with Crippen LogP contribution in [0.25, 0.3) is 0 Å². The van der Waals surface area contributed by atoms with Gasteiger partial charge in [-0.25, -0.2) is 0 Å². The number of hydrazone groups is 1. The number of nitrogens with one attached hydrogen (secondary N) is 1. The van der Waals surface area contributed by atoms with Crippen molar-refractivity contribution in [3.8, 4) is 0 Å². The highest BCUT2D eigenvalue weighted by Gasteiger charge is 2.37. The summed E-state index contributed by atoms with van der Waals surface area (Å²) in [7, 11) is 0. The van der Waals surface area contributed by atoms with Crippen molar-refractivity contribution >= 4 is 39.8 Å². The van der Waals surface area contributed by atoms with Gasteiger partial charge in [0, 0.05) is 61.3 Å². The monoisotopic (exact) mass is 498 g/mol. The average molecular weight is 500 g/mol. The van der Waals surface area contributed by atoms with Crippen LogP contribution in [0.5, 0.6) is 0 Å². The lowest BCUT2D eigenvalue weighted by atomic mass is 9.74. The van der Waals surface area contributed by atoms with Gasteiger partial charge in [-0.05, 0) is 29.5 Å². The summed E-state index contributed by atoms with van der Waals surface area (Å²) in [6.45, 7) is 10.4. The van der Waals surface area contributed by atoms with Gasteiger partial charge in [-0.1, -0.05) is 41.9 Å². The van der Waals surface area contributed by atoms with Gasteiger partial charge in [0.15, 0.2) is 5.78 Å². The van der Waals surface area contributed by atoms with Gasteiger partial charge in [0.2, 0.25) is 0 Å². The lowest BCUT2D eigenvalue weighted by Gasteiger charge is -2.40. The number of nitrogens with zero attached hydrogens (tertiary/aromatic N) is 3. The summed E-state index contributed by atoms with van der Waals surface area (Å²) >= 11 is 3.50. The van der Waals surface area contributed by atoms with Crippen molar-refractivity contribution < 1.29 is 10.3 Å². The van der Waals surface area contributed by atoms with Gasteiger partial charge in [0.25, 0.3) is 0 Å². The van der Waals surface area contributed by atoms with Gasteiger partial charge < -0.3 is 10.8 Å². The van der Waals surface area contributed by atoms with Crippen LogP contribution in [0.15, 0.2) is 45.1 Å². The zero-order chi connectivity index (χ0) is 19.7. The Bertz CT molecular complexity index is 817. The van der Waals surface area contributed by atoms with Crippen LogP contribution in [0.3, 0.4) is 0 Å². The SMILES string of the molecule is CC1(C)CC(=O)C2=C(C1)N(CCN1CCNCC1)N=C(c1ccc(Br)cc1)C2.Cl.O. The maximum atomic E-state index is 13.0. The highest BCUT2D eigenvalue weighted by Crippen LogP contribution is 2.41. The maximum Gasteiger partial charge on any atom is 0.161 e. The average Bonchev–Trinajstić information content (AvgIpc) is 2.67.